The molecule has 1 aromatic heterocycles. The number of fused-ring (bicyclic) bond motifs is 1. The standard InChI is InChI=1S/C7H7N3/c1-2-6-4-9-10-5-7(6)8-3-1/h1-4,10H,5H2. The fourth-order valence-electron chi connectivity index (χ4n) is 0.951. The molecule has 1 N–H and O–H groups in total. The molecule has 0 bridgehead atoms. The maximum atomic E-state index is 4.17. The molecule has 1 aliphatic rings. The summed E-state index contributed by atoms with van der Waals surface area (Å²) in [6.45, 7) is 0.743. The van der Waals surface area contributed by atoms with Crippen LogP contribution in [0.2, 0.25) is 0 Å². The van der Waals surface area contributed by atoms with Gasteiger partial charge in [0.1, 0.15) is 0 Å². The van der Waals surface area contributed by atoms with Gasteiger partial charge in [-0.05, 0) is 12.1 Å². The highest BCUT2D eigenvalue weighted by Gasteiger charge is 2.02. The van der Waals surface area contributed by atoms with Crippen LogP contribution < -0.4 is 5.43 Å². The molecule has 1 aromatic rings. The average Bonchev–Trinajstić information content (AvgIpc) is 2.05. The molecule has 0 amide bonds. The molecule has 0 atom stereocenters. The predicted molar refractivity (Wildman–Crippen MR) is 38.7 cm³/mol. The van der Waals surface area contributed by atoms with Gasteiger partial charge in [-0.3, -0.25) is 4.98 Å². The average molecular weight is 133 g/mol. The molecule has 3 heteroatoms. The summed E-state index contributed by atoms with van der Waals surface area (Å²) in [6, 6.07) is 3.92. The van der Waals surface area contributed by atoms with Crippen LogP contribution in [0, 0.1) is 0 Å². The van der Waals surface area contributed by atoms with Crippen molar-refractivity contribution in [2.45, 2.75) is 6.54 Å². The first-order valence-corrected chi connectivity index (χ1v) is 3.16. The van der Waals surface area contributed by atoms with E-state index < -0.39 is 0 Å². The van der Waals surface area contributed by atoms with Gasteiger partial charge in [0.25, 0.3) is 0 Å². The van der Waals surface area contributed by atoms with Gasteiger partial charge in [0.2, 0.25) is 0 Å². The molecular formula is C7H7N3. The Morgan fingerprint density at radius 1 is 1.50 bits per heavy atom. The summed E-state index contributed by atoms with van der Waals surface area (Å²) >= 11 is 0. The first-order chi connectivity index (χ1) is 4.97. The summed E-state index contributed by atoms with van der Waals surface area (Å²) in [5, 5.41) is 3.90. The van der Waals surface area contributed by atoms with Crippen LogP contribution >= 0.6 is 0 Å². The summed E-state index contributed by atoms with van der Waals surface area (Å²) in [7, 11) is 0. The molecule has 0 spiro atoms. The van der Waals surface area contributed by atoms with Crippen LogP contribution in [0.1, 0.15) is 11.3 Å². The fraction of sp³-hybridized carbons (Fsp3) is 0.143. The van der Waals surface area contributed by atoms with E-state index in [-0.39, 0.29) is 0 Å². The molecule has 0 radical (unpaired) electrons. The minimum Gasteiger partial charge on any atom is -0.304 e. The van der Waals surface area contributed by atoms with E-state index in [1.807, 2.05) is 12.1 Å². The van der Waals surface area contributed by atoms with Gasteiger partial charge in [-0.1, -0.05) is 0 Å². The zero-order valence-corrected chi connectivity index (χ0v) is 5.41. The SMILES string of the molecule is C1=NNCc2ncccc21. The van der Waals surface area contributed by atoms with Crippen LogP contribution in [0.3, 0.4) is 0 Å². The molecule has 0 aliphatic carbocycles. The third kappa shape index (κ3) is 0.757. The van der Waals surface area contributed by atoms with Crippen LogP contribution in [0.5, 0.6) is 0 Å². The second-order valence-corrected chi connectivity index (χ2v) is 2.13. The van der Waals surface area contributed by atoms with Crippen LogP contribution in [-0.4, -0.2) is 11.2 Å². The summed E-state index contributed by atoms with van der Waals surface area (Å²) < 4.78 is 0. The molecule has 2 rings (SSSR count). The molecule has 0 unspecified atom stereocenters. The van der Waals surface area contributed by atoms with Gasteiger partial charge in [0, 0.05) is 11.8 Å². The number of aromatic nitrogens is 1. The molecular weight excluding hydrogens is 126 g/mol. The number of nitrogens with one attached hydrogen (secondary N) is 1. The molecule has 0 saturated carbocycles. The predicted octanol–water partition coefficient (Wildman–Crippen LogP) is 0.519. The van der Waals surface area contributed by atoms with E-state index in [9.17, 15) is 0 Å². The lowest BCUT2D eigenvalue weighted by Gasteiger charge is -2.07. The van der Waals surface area contributed by atoms with Gasteiger partial charge in [-0.25, -0.2) is 0 Å². The van der Waals surface area contributed by atoms with Crippen molar-refractivity contribution in [3.05, 3.63) is 29.6 Å². The lowest BCUT2D eigenvalue weighted by Crippen LogP contribution is -2.14. The Bertz CT molecular complexity index is 267. The molecule has 2 heterocycles. The van der Waals surface area contributed by atoms with E-state index in [4.69, 9.17) is 0 Å². The van der Waals surface area contributed by atoms with E-state index in [1.54, 1.807) is 12.4 Å². The molecule has 3 nitrogen and oxygen atoms in total. The molecule has 50 valence electrons. The summed E-state index contributed by atoms with van der Waals surface area (Å²) in [5.74, 6) is 0. The van der Waals surface area contributed by atoms with Crippen molar-refractivity contribution in [3.8, 4) is 0 Å². The Labute approximate surface area is 58.8 Å². The van der Waals surface area contributed by atoms with Crippen molar-refractivity contribution < 1.29 is 0 Å². The third-order valence-corrected chi connectivity index (χ3v) is 1.47. The highest BCUT2D eigenvalue weighted by atomic mass is 15.3. The van der Waals surface area contributed by atoms with Gasteiger partial charge < -0.3 is 5.43 Å². The van der Waals surface area contributed by atoms with Gasteiger partial charge in [0.05, 0.1) is 18.5 Å². The largest absolute Gasteiger partial charge is 0.304 e. The normalized spacial score (nSPS) is 14.0. The summed E-state index contributed by atoms with van der Waals surface area (Å²) in [4.78, 5) is 4.17. The van der Waals surface area contributed by atoms with Crippen LogP contribution in [-0.2, 0) is 6.54 Å². The highest BCUT2D eigenvalue weighted by Crippen LogP contribution is 2.04. The van der Waals surface area contributed by atoms with Gasteiger partial charge in [0.15, 0.2) is 0 Å². The number of hydrogen-bond acceptors (Lipinski definition) is 3. The first kappa shape index (κ1) is 5.41. The molecule has 0 saturated heterocycles. The summed E-state index contributed by atoms with van der Waals surface area (Å²) in [6.07, 6.45) is 3.57. The zero-order valence-electron chi connectivity index (χ0n) is 5.41. The molecule has 10 heavy (non-hydrogen) atoms. The zero-order chi connectivity index (χ0) is 6.81. The van der Waals surface area contributed by atoms with E-state index in [0.29, 0.717) is 0 Å². The Morgan fingerprint density at radius 2 is 2.50 bits per heavy atom. The first-order valence-electron chi connectivity index (χ1n) is 3.16. The number of nitrogens with zero attached hydrogens (tertiary/aromatic N) is 2. The van der Waals surface area contributed by atoms with Gasteiger partial charge in [-0.2, -0.15) is 5.10 Å². The van der Waals surface area contributed by atoms with Gasteiger partial charge >= 0.3 is 0 Å². The Morgan fingerprint density at radius 3 is 3.40 bits per heavy atom. The van der Waals surface area contributed by atoms with Gasteiger partial charge in [-0.15, -0.1) is 0 Å². The number of hydrazone groups is 1. The minimum absolute atomic E-state index is 0.743. The molecule has 0 fully saturated rings. The lowest BCUT2D eigenvalue weighted by molar-refractivity contribution is 0.715. The number of hydrogen-bond donors (Lipinski definition) is 1. The Hall–Kier alpha value is -1.38. The van der Waals surface area contributed by atoms with E-state index in [2.05, 4.69) is 15.5 Å². The number of rotatable bonds is 0. The van der Waals surface area contributed by atoms with Crippen LogP contribution in [0.15, 0.2) is 23.4 Å². The monoisotopic (exact) mass is 133 g/mol. The Kier molecular flexibility index (Phi) is 1.13. The second-order valence-electron chi connectivity index (χ2n) is 2.13. The van der Waals surface area contributed by atoms with E-state index >= 15 is 0 Å². The highest BCUT2D eigenvalue weighted by molar-refractivity contribution is 5.81. The fourth-order valence-corrected chi connectivity index (χ4v) is 0.951. The van der Waals surface area contributed by atoms with Crippen LogP contribution in [0.4, 0.5) is 0 Å². The number of pyridine rings is 1. The summed E-state index contributed by atoms with van der Waals surface area (Å²) in [5.41, 5.74) is 5.03. The second kappa shape index (κ2) is 2.10. The van der Waals surface area contributed by atoms with Crippen molar-refractivity contribution in [3.63, 3.8) is 0 Å². The van der Waals surface area contributed by atoms with E-state index in [0.717, 1.165) is 17.8 Å². The van der Waals surface area contributed by atoms with Crippen molar-refractivity contribution in [1.29, 1.82) is 0 Å². The van der Waals surface area contributed by atoms with Crippen molar-refractivity contribution in [2.24, 2.45) is 5.10 Å². The minimum atomic E-state index is 0.743. The third-order valence-electron chi connectivity index (χ3n) is 1.47. The van der Waals surface area contributed by atoms with Crippen LogP contribution in [0.25, 0.3) is 0 Å². The lowest BCUT2D eigenvalue weighted by atomic mass is 10.2. The molecule has 1 aliphatic heterocycles. The maximum absolute atomic E-state index is 4.17. The van der Waals surface area contributed by atoms with Crippen molar-refractivity contribution in [2.75, 3.05) is 0 Å². The van der Waals surface area contributed by atoms with E-state index in [1.165, 1.54) is 0 Å². The molecule has 0 aromatic carbocycles. The smallest absolute Gasteiger partial charge is 0.0758 e. The van der Waals surface area contributed by atoms with Crippen molar-refractivity contribution in [1.82, 2.24) is 10.4 Å². The van der Waals surface area contributed by atoms with Crippen molar-refractivity contribution >= 4 is 6.21 Å². The maximum Gasteiger partial charge on any atom is 0.0758 e. The quantitative estimate of drug-likeness (QED) is 0.560. The topological polar surface area (TPSA) is 37.3 Å². The Balaban J connectivity index is 2.54.